The number of rotatable bonds is 5. The van der Waals surface area contributed by atoms with Gasteiger partial charge in [0.2, 0.25) is 0 Å². The number of halogens is 3. The normalized spacial score (nSPS) is 10.8. The van der Waals surface area contributed by atoms with E-state index in [1.54, 1.807) is 18.2 Å². The Morgan fingerprint density at radius 1 is 1.25 bits per heavy atom. The maximum atomic E-state index is 11.8. The molecule has 0 radical (unpaired) electrons. The van der Waals surface area contributed by atoms with E-state index in [4.69, 9.17) is 10.5 Å². The van der Waals surface area contributed by atoms with Gasteiger partial charge in [-0.15, -0.1) is 0 Å². The molecule has 0 spiro atoms. The molecule has 0 aliphatic rings. The molecule has 0 aliphatic heterocycles. The van der Waals surface area contributed by atoms with Crippen LogP contribution in [0.4, 0.5) is 13.2 Å². The molecule has 1 aromatic carbocycles. The second kappa shape index (κ2) is 7.78. The standard InChI is InChI=1S/C14H16F3NO2/c1-11-9-13(5-4-12(11)3-2-6-18)20-8-7-19-10-14(15,16)17/h4-5,9H,6-8,10,18H2,1H3. The molecule has 0 unspecified atom stereocenters. The van der Waals surface area contributed by atoms with Crippen molar-refractivity contribution in [3.05, 3.63) is 29.3 Å². The van der Waals surface area contributed by atoms with E-state index in [1.165, 1.54) is 0 Å². The summed E-state index contributed by atoms with van der Waals surface area (Å²) in [4.78, 5) is 0. The van der Waals surface area contributed by atoms with Gasteiger partial charge in [-0.3, -0.25) is 0 Å². The van der Waals surface area contributed by atoms with Crippen molar-refractivity contribution in [2.45, 2.75) is 13.1 Å². The first-order chi connectivity index (χ1) is 9.42. The number of aryl methyl sites for hydroxylation is 1. The van der Waals surface area contributed by atoms with Crippen molar-refractivity contribution in [1.29, 1.82) is 0 Å². The number of alkyl halides is 3. The van der Waals surface area contributed by atoms with E-state index in [2.05, 4.69) is 16.6 Å². The molecule has 0 fully saturated rings. The van der Waals surface area contributed by atoms with Crippen LogP contribution in [0.5, 0.6) is 5.75 Å². The Balaban J connectivity index is 2.40. The van der Waals surface area contributed by atoms with E-state index in [9.17, 15) is 13.2 Å². The quantitative estimate of drug-likeness (QED) is 0.667. The molecule has 20 heavy (non-hydrogen) atoms. The van der Waals surface area contributed by atoms with Gasteiger partial charge < -0.3 is 15.2 Å². The van der Waals surface area contributed by atoms with Gasteiger partial charge in [0.15, 0.2) is 0 Å². The van der Waals surface area contributed by atoms with Crippen LogP contribution in [0.3, 0.4) is 0 Å². The first-order valence-electron chi connectivity index (χ1n) is 5.99. The molecule has 3 nitrogen and oxygen atoms in total. The van der Waals surface area contributed by atoms with Gasteiger partial charge >= 0.3 is 6.18 Å². The average molecular weight is 287 g/mol. The van der Waals surface area contributed by atoms with Crippen LogP contribution in [-0.2, 0) is 4.74 Å². The topological polar surface area (TPSA) is 44.5 Å². The van der Waals surface area contributed by atoms with E-state index in [-0.39, 0.29) is 19.8 Å². The van der Waals surface area contributed by atoms with Crippen molar-refractivity contribution >= 4 is 0 Å². The van der Waals surface area contributed by atoms with Crippen molar-refractivity contribution in [2.24, 2.45) is 5.73 Å². The van der Waals surface area contributed by atoms with Gasteiger partial charge in [-0.25, -0.2) is 0 Å². The minimum Gasteiger partial charge on any atom is -0.491 e. The number of nitrogens with two attached hydrogens (primary N) is 1. The Morgan fingerprint density at radius 3 is 2.60 bits per heavy atom. The highest BCUT2D eigenvalue weighted by molar-refractivity contribution is 5.44. The Bertz CT molecular complexity index is 489. The summed E-state index contributed by atoms with van der Waals surface area (Å²) in [5, 5.41) is 0. The Kier molecular flexibility index (Phi) is 6.36. The van der Waals surface area contributed by atoms with Crippen LogP contribution in [0.25, 0.3) is 0 Å². The zero-order valence-electron chi connectivity index (χ0n) is 11.1. The lowest BCUT2D eigenvalue weighted by atomic mass is 10.1. The molecule has 0 atom stereocenters. The third-order valence-corrected chi connectivity index (χ3v) is 2.29. The smallest absolute Gasteiger partial charge is 0.411 e. The zero-order valence-corrected chi connectivity index (χ0v) is 11.1. The van der Waals surface area contributed by atoms with Gasteiger partial charge in [-0.2, -0.15) is 13.2 Å². The lowest BCUT2D eigenvalue weighted by molar-refractivity contribution is -0.175. The van der Waals surface area contributed by atoms with E-state index in [0.717, 1.165) is 11.1 Å². The van der Waals surface area contributed by atoms with Crippen molar-refractivity contribution in [3.8, 4) is 17.6 Å². The molecule has 0 heterocycles. The molecular formula is C14H16F3NO2. The van der Waals surface area contributed by atoms with Crippen molar-refractivity contribution in [1.82, 2.24) is 0 Å². The fourth-order valence-corrected chi connectivity index (χ4v) is 1.42. The molecule has 0 aromatic heterocycles. The SMILES string of the molecule is Cc1cc(OCCOCC(F)(F)F)ccc1C#CCN. The van der Waals surface area contributed by atoms with Gasteiger partial charge in [0.25, 0.3) is 0 Å². The second-order valence-corrected chi connectivity index (χ2v) is 4.00. The fraction of sp³-hybridized carbons (Fsp3) is 0.429. The Labute approximate surface area is 115 Å². The Hall–Kier alpha value is -1.71. The van der Waals surface area contributed by atoms with Gasteiger partial charge in [-0.1, -0.05) is 11.8 Å². The summed E-state index contributed by atoms with van der Waals surface area (Å²) >= 11 is 0. The average Bonchev–Trinajstić information content (AvgIpc) is 2.36. The van der Waals surface area contributed by atoms with Crippen LogP contribution < -0.4 is 10.5 Å². The van der Waals surface area contributed by atoms with Crippen LogP contribution in [0.1, 0.15) is 11.1 Å². The number of hydrogen-bond donors (Lipinski definition) is 1. The maximum absolute atomic E-state index is 11.8. The van der Waals surface area contributed by atoms with Gasteiger partial charge in [0.05, 0.1) is 13.2 Å². The van der Waals surface area contributed by atoms with Crippen LogP contribution >= 0.6 is 0 Å². The monoisotopic (exact) mass is 287 g/mol. The summed E-state index contributed by atoms with van der Waals surface area (Å²) in [6.45, 7) is 0.835. The fourth-order valence-electron chi connectivity index (χ4n) is 1.42. The summed E-state index contributed by atoms with van der Waals surface area (Å²) in [5.74, 6) is 6.23. The highest BCUT2D eigenvalue weighted by Gasteiger charge is 2.27. The maximum Gasteiger partial charge on any atom is 0.411 e. The van der Waals surface area contributed by atoms with E-state index in [0.29, 0.717) is 5.75 Å². The first-order valence-corrected chi connectivity index (χ1v) is 5.99. The summed E-state index contributed by atoms with van der Waals surface area (Å²) in [5.41, 5.74) is 7.05. The summed E-state index contributed by atoms with van der Waals surface area (Å²) < 4.78 is 45.2. The molecule has 1 rings (SSSR count). The van der Waals surface area contributed by atoms with Crippen molar-refractivity contribution in [3.63, 3.8) is 0 Å². The highest BCUT2D eigenvalue weighted by atomic mass is 19.4. The van der Waals surface area contributed by atoms with Gasteiger partial charge in [-0.05, 0) is 30.7 Å². The summed E-state index contributed by atoms with van der Waals surface area (Å²) in [7, 11) is 0. The third kappa shape index (κ3) is 6.45. The highest BCUT2D eigenvalue weighted by Crippen LogP contribution is 2.17. The van der Waals surface area contributed by atoms with Crippen molar-refractivity contribution in [2.75, 3.05) is 26.4 Å². The molecule has 1 aromatic rings. The molecule has 0 amide bonds. The first kappa shape index (κ1) is 16.3. The van der Waals surface area contributed by atoms with E-state index in [1.807, 2.05) is 6.92 Å². The molecule has 6 heteroatoms. The molecule has 0 saturated carbocycles. The zero-order chi connectivity index (χ0) is 15.0. The van der Waals surface area contributed by atoms with E-state index >= 15 is 0 Å². The lowest BCUT2D eigenvalue weighted by Gasteiger charge is -2.10. The molecule has 2 N–H and O–H groups in total. The van der Waals surface area contributed by atoms with Crippen LogP contribution in [0, 0.1) is 18.8 Å². The molecular weight excluding hydrogens is 271 g/mol. The summed E-state index contributed by atoms with van der Waals surface area (Å²) in [6, 6.07) is 5.26. The van der Waals surface area contributed by atoms with Crippen LogP contribution in [0.2, 0.25) is 0 Å². The largest absolute Gasteiger partial charge is 0.491 e. The van der Waals surface area contributed by atoms with E-state index < -0.39 is 12.8 Å². The third-order valence-electron chi connectivity index (χ3n) is 2.29. The van der Waals surface area contributed by atoms with Crippen molar-refractivity contribution < 1.29 is 22.6 Å². The minimum absolute atomic E-state index is 0.0589. The van der Waals surface area contributed by atoms with Crippen LogP contribution in [-0.4, -0.2) is 32.5 Å². The van der Waals surface area contributed by atoms with Gasteiger partial charge in [0.1, 0.15) is 19.0 Å². The predicted octanol–water partition coefficient (Wildman–Crippen LogP) is 2.26. The molecule has 0 bridgehead atoms. The number of hydrogen-bond acceptors (Lipinski definition) is 3. The van der Waals surface area contributed by atoms with Crippen LogP contribution in [0.15, 0.2) is 18.2 Å². The Morgan fingerprint density at radius 2 is 2.00 bits per heavy atom. The number of ether oxygens (including phenoxy) is 2. The van der Waals surface area contributed by atoms with Gasteiger partial charge in [0, 0.05) is 5.56 Å². The summed E-state index contributed by atoms with van der Waals surface area (Å²) in [6.07, 6.45) is -4.31. The molecule has 110 valence electrons. The number of benzene rings is 1. The minimum atomic E-state index is -4.31. The molecule has 0 saturated heterocycles. The second-order valence-electron chi connectivity index (χ2n) is 4.00. The molecule has 0 aliphatic carbocycles. The predicted molar refractivity (Wildman–Crippen MR) is 69.5 cm³/mol. The lowest BCUT2D eigenvalue weighted by Crippen LogP contribution is -2.19.